The Morgan fingerprint density at radius 2 is 1.95 bits per heavy atom. The number of nitrogens with two attached hydrogens (primary N) is 1. The molecule has 2 N–H and O–H groups in total. The maximum atomic E-state index is 6.42. The second kappa shape index (κ2) is 7.41. The first-order valence-electron chi connectivity index (χ1n) is 7.56. The highest BCUT2D eigenvalue weighted by atomic mass is 35.5. The maximum Gasteiger partial charge on any atom is 0.0514 e. The summed E-state index contributed by atoms with van der Waals surface area (Å²) in [7, 11) is 2.19. The second-order valence-electron chi connectivity index (χ2n) is 5.73. The van der Waals surface area contributed by atoms with Gasteiger partial charge >= 0.3 is 0 Å². The predicted molar refractivity (Wildman–Crippen MR) is 86.1 cm³/mol. The quantitative estimate of drug-likeness (QED) is 0.927. The molecule has 3 nitrogen and oxygen atoms in total. The molecule has 0 spiro atoms. The molecule has 1 heterocycles. The molecule has 2 unspecified atom stereocenters. The van der Waals surface area contributed by atoms with Crippen molar-refractivity contribution >= 4 is 11.6 Å². The van der Waals surface area contributed by atoms with Crippen LogP contribution in [0.25, 0.3) is 0 Å². The van der Waals surface area contributed by atoms with Crippen LogP contribution >= 0.6 is 11.6 Å². The van der Waals surface area contributed by atoms with Crippen LogP contribution < -0.4 is 5.73 Å². The summed E-state index contributed by atoms with van der Waals surface area (Å²) in [4.78, 5) is 4.90. The highest BCUT2D eigenvalue weighted by molar-refractivity contribution is 6.31. The molecule has 2 atom stereocenters. The van der Waals surface area contributed by atoms with Crippen molar-refractivity contribution in [3.8, 4) is 0 Å². The van der Waals surface area contributed by atoms with Crippen LogP contribution in [0.5, 0.6) is 0 Å². The third kappa shape index (κ3) is 3.73. The molecule has 1 aliphatic rings. The molecule has 4 heteroatoms. The summed E-state index contributed by atoms with van der Waals surface area (Å²) >= 11 is 6.42. The lowest BCUT2D eigenvalue weighted by molar-refractivity contribution is 0.175. The smallest absolute Gasteiger partial charge is 0.0514 e. The van der Waals surface area contributed by atoms with Gasteiger partial charge in [-0.15, -0.1) is 0 Å². The van der Waals surface area contributed by atoms with E-state index in [1.807, 2.05) is 12.1 Å². The van der Waals surface area contributed by atoms with Gasteiger partial charge in [-0.1, -0.05) is 36.7 Å². The molecule has 0 aromatic heterocycles. The number of halogens is 1. The van der Waals surface area contributed by atoms with E-state index < -0.39 is 0 Å². The van der Waals surface area contributed by atoms with Crippen molar-refractivity contribution in [2.45, 2.75) is 31.8 Å². The van der Waals surface area contributed by atoms with Gasteiger partial charge in [0.2, 0.25) is 0 Å². The van der Waals surface area contributed by atoms with Gasteiger partial charge in [0.05, 0.1) is 6.04 Å². The lowest BCUT2D eigenvalue weighted by Gasteiger charge is -2.35. The number of nitrogens with zero attached hydrogens (tertiary/aromatic N) is 2. The largest absolute Gasteiger partial charge is 0.326 e. The van der Waals surface area contributed by atoms with Crippen LogP contribution in [0.2, 0.25) is 5.02 Å². The molecular weight excluding hydrogens is 270 g/mol. The molecule has 0 bridgehead atoms. The van der Waals surface area contributed by atoms with Gasteiger partial charge in [-0.05, 0) is 38.1 Å². The Morgan fingerprint density at radius 3 is 2.65 bits per heavy atom. The number of hydrogen-bond acceptors (Lipinski definition) is 3. The molecule has 20 heavy (non-hydrogen) atoms. The van der Waals surface area contributed by atoms with E-state index in [0.717, 1.165) is 37.6 Å². The Hall–Kier alpha value is -0.610. The molecule has 1 fully saturated rings. The molecule has 0 radical (unpaired) electrons. The minimum absolute atomic E-state index is 0.123. The third-order valence-electron chi connectivity index (χ3n) is 4.25. The van der Waals surface area contributed by atoms with Crippen LogP contribution in [-0.2, 0) is 0 Å². The van der Waals surface area contributed by atoms with Gasteiger partial charge in [0.25, 0.3) is 0 Å². The van der Waals surface area contributed by atoms with E-state index in [0.29, 0.717) is 0 Å². The number of benzene rings is 1. The monoisotopic (exact) mass is 295 g/mol. The average molecular weight is 296 g/mol. The average Bonchev–Trinajstić information content (AvgIpc) is 2.66. The first kappa shape index (κ1) is 15.8. The van der Waals surface area contributed by atoms with E-state index in [9.17, 15) is 0 Å². The van der Waals surface area contributed by atoms with E-state index in [1.54, 1.807) is 0 Å². The van der Waals surface area contributed by atoms with E-state index >= 15 is 0 Å². The van der Waals surface area contributed by atoms with Crippen molar-refractivity contribution < 1.29 is 0 Å². The molecule has 0 saturated carbocycles. The summed E-state index contributed by atoms with van der Waals surface area (Å²) < 4.78 is 0. The summed E-state index contributed by atoms with van der Waals surface area (Å²) in [5, 5.41) is 0.832. The van der Waals surface area contributed by atoms with Crippen molar-refractivity contribution in [3.63, 3.8) is 0 Å². The lowest BCUT2D eigenvalue weighted by Crippen LogP contribution is -2.42. The fourth-order valence-electron chi connectivity index (χ4n) is 2.98. The molecule has 1 aliphatic heterocycles. The molecular formula is C16H26ClN3. The first-order valence-corrected chi connectivity index (χ1v) is 7.94. The molecule has 112 valence electrons. The van der Waals surface area contributed by atoms with E-state index in [-0.39, 0.29) is 12.1 Å². The fraction of sp³-hybridized carbons (Fsp3) is 0.625. The molecule has 1 aromatic carbocycles. The second-order valence-corrected chi connectivity index (χ2v) is 6.14. The van der Waals surface area contributed by atoms with Crippen LogP contribution in [-0.4, -0.2) is 49.1 Å². The van der Waals surface area contributed by atoms with E-state index in [1.165, 1.54) is 12.0 Å². The minimum atomic E-state index is 0.123. The zero-order chi connectivity index (χ0) is 14.5. The molecule has 1 saturated heterocycles. The molecule has 0 amide bonds. The third-order valence-corrected chi connectivity index (χ3v) is 4.59. The van der Waals surface area contributed by atoms with Crippen LogP contribution in [0.15, 0.2) is 24.3 Å². The molecule has 0 aliphatic carbocycles. The Kier molecular flexibility index (Phi) is 5.85. The van der Waals surface area contributed by atoms with Gasteiger partial charge in [-0.3, -0.25) is 4.90 Å². The van der Waals surface area contributed by atoms with Crippen LogP contribution in [0.1, 0.15) is 31.4 Å². The Morgan fingerprint density at radius 1 is 1.20 bits per heavy atom. The SMILES string of the molecule is CCC(N)C(c1ccccc1Cl)N1CCCN(C)CC1. The predicted octanol–water partition coefficient (Wildman–Crippen LogP) is 2.76. The number of hydrogen-bond donors (Lipinski definition) is 1. The molecule has 2 rings (SSSR count). The van der Waals surface area contributed by atoms with Gasteiger partial charge < -0.3 is 10.6 Å². The van der Waals surface area contributed by atoms with E-state index in [4.69, 9.17) is 17.3 Å². The van der Waals surface area contributed by atoms with Crippen molar-refractivity contribution in [2.75, 3.05) is 33.2 Å². The minimum Gasteiger partial charge on any atom is -0.326 e. The van der Waals surface area contributed by atoms with Crippen molar-refractivity contribution in [1.82, 2.24) is 9.80 Å². The maximum absolute atomic E-state index is 6.42. The first-order chi connectivity index (χ1) is 9.63. The Balaban J connectivity index is 2.26. The topological polar surface area (TPSA) is 32.5 Å². The summed E-state index contributed by atoms with van der Waals surface area (Å²) in [6.07, 6.45) is 2.15. The molecule has 1 aromatic rings. The van der Waals surface area contributed by atoms with Gasteiger partial charge in [0.1, 0.15) is 0 Å². The summed E-state index contributed by atoms with van der Waals surface area (Å²) in [6, 6.07) is 8.48. The van der Waals surface area contributed by atoms with Crippen LogP contribution in [0.3, 0.4) is 0 Å². The zero-order valence-electron chi connectivity index (χ0n) is 12.6. The zero-order valence-corrected chi connectivity index (χ0v) is 13.3. The highest BCUT2D eigenvalue weighted by Crippen LogP contribution is 2.31. The summed E-state index contributed by atoms with van der Waals surface area (Å²) in [6.45, 7) is 6.55. The number of likely N-dealkylation sites (N-methyl/N-ethyl adjacent to an activating group) is 1. The summed E-state index contributed by atoms with van der Waals surface area (Å²) in [5.41, 5.74) is 7.59. The lowest BCUT2D eigenvalue weighted by atomic mass is 9.96. The Labute approximate surface area is 127 Å². The van der Waals surface area contributed by atoms with Crippen LogP contribution in [0.4, 0.5) is 0 Å². The van der Waals surface area contributed by atoms with Crippen molar-refractivity contribution in [1.29, 1.82) is 0 Å². The van der Waals surface area contributed by atoms with Gasteiger partial charge in [0.15, 0.2) is 0 Å². The van der Waals surface area contributed by atoms with Gasteiger partial charge in [0, 0.05) is 30.7 Å². The number of rotatable bonds is 4. The van der Waals surface area contributed by atoms with Gasteiger partial charge in [-0.2, -0.15) is 0 Å². The van der Waals surface area contributed by atoms with Crippen molar-refractivity contribution in [3.05, 3.63) is 34.9 Å². The van der Waals surface area contributed by atoms with E-state index in [2.05, 4.69) is 35.9 Å². The van der Waals surface area contributed by atoms with Gasteiger partial charge in [-0.25, -0.2) is 0 Å². The normalized spacial score (nSPS) is 21.4. The Bertz CT molecular complexity index is 424. The van der Waals surface area contributed by atoms with Crippen LogP contribution in [0, 0.1) is 0 Å². The standard InChI is InChI=1S/C16H26ClN3/c1-3-15(18)16(13-7-4-5-8-14(13)17)20-10-6-9-19(2)11-12-20/h4-5,7-8,15-16H,3,6,9-12,18H2,1-2H3. The summed E-state index contributed by atoms with van der Waals surface area (Å²) in [5.74, 6) is 0. The highest BCUT2D eigenvalue weighted by Gasteiger charge is 2.28. The fourth-order valence-corrected chi connectivity index (χ4v) is 3.23. The van der Waals surface area contributed by atoms with Crippen molar-refractivity contribution in [2.24, 2.45) is 5.73 Å².